The molecule has 1 N–H and O–H groups in total. The summed E-state index contributed by atoms with van der Waals surface area (Å²) in [6, 6.07) is 5.81. The molecule has 4 nitrogen and oxygen atoms in total. The minimum absolute atomic E-state index is 0.0949. The molecule has 0 aromatic heterocycles. The number of hydrogen-bond donors (Lipinski definition) is 1. The Hall–Kier alpha value is -1.14. The molecular weight excluding hydrogens is 207 g/mol. The van der Waals surface area contributed by atoms with Crippen molar-refractivity contribution in [2.45, 2.75) is 0 Å². The molecule has 1 aliphatic rings. The molecule has 0 unspecified atom stereocenters. The molecule has 6 heteroatoms. The summed E-state index contributed by atoms with van der Waals surface area (Å²) >= 11 is 0. The monoisotopic (exact) mass is 216 g/mol. The van der Waals surface area contributed by atoms with Crippen molar-refractivity contribution in [3.63, 3.8) is 0 Å². The number of nitrogens with one attached hydrogen (secondary N) is 1. The van der Waals surface area contributed by atoms with E-state index >= 15 is 0 Å². The summed E-state index contributed by atoms with van der Waals surface area (Å²) in [4.78, 5) is 0. The van der Waals surface area contributed by atoms with E-state index in [1.807, 2.05) is 0 Å². The first-order chi connectivity index (χ1) is 6.61. The Balaban J connectivity index is 2.46. The lowest BCUT2D eigenvalue weighted by Gasteiger charge is -2.15. The van der Waals surface area contributed by atoms with E-state index < -0.39 is 16.0 Å². The molecule has 76 valence electrons. The predicted molar refractivity (Wildman–Crippen MR) is 50.7 cm³/mol. The third-order valence-electron chi connectivity index (χ3n) is 2.01. The quantitative estimate of drug-likeness (QED) is 0.742. The normalized spacial score (nSPS) is 19.9. The Labute approximate surface area is 81.5 Å². The standard InChI is InChI=1S/C8H9FN2O2S/c9-7-3-1-2-4-8(7)11-6-5-10-14(11,12)13/h1-4,10H,5-6H2. The largest absolute Gasteiger partial charge is 0.301 e. The van der Waals surface area contributed by atoms with Gasteiger partial charge in [-0.15, -0.1) is 0 Å². The van der Waals surface area contributed by atoms with Crippen LogP contribution in [0.25, 0.3) is 0 Å². The molecule has 0 saturated carbocycles. The second-order valence-electron chi connectivity index (χ2n) is 2.92. The second kappa shape index (κ2) is 3.21. The lowest BCUT2D eigenvalue weighted by Crippen LogP contribution is -2.29. The minimum Gasteiger partial charge on any atom is -0.254 e. The van der Waals surface area contributed by atoms with Gasteiger partial charge in [0.15, 0.2) is 0 Å². The van der Waals surface area contributed by atoms with E-state index in [4.69, 9.17) is 0 Å². The fourth-order valence-electron chi connectivity index (χ4n) is 1.38. The van der Waals surface area contributed by atoms with Crippen molar-refractivity contribution in [2.75, 3.05) is 17.4 Å². The van der Waals surface area contributed by atoms with Crippen LogP contribution in [0, 0.1) is 5.82 Å². The molecule has 1 aromatic rings. The Morgan fingerprint density at radius 2 is 2.07 bits per heavy atom. The molecule has 0 amide bonds. The van der Waals surface area contributed by atoms with Gasteiger partial charge in [0.1, 0.15) is 5.82 Å². The van der Waals surface area contributed by atoms with E-state index in [1.165, 1.54) is 18.2 Å². The highest BCUT2D eigenvalue weighted by Gasteiger charge is 2.29. The summed E-state index contributed by atoms with van der Waals surface area (Å²) in [5, 5.41) is 0. The first kappa shape index (κ1) is 9.42. The first-order valence-electron chi connectivity index (χ1n) is 4.13. The number of para-hydroxylation sites is 1. The van der Waals surface area contributed by atoms with Gasteiger partial charge < -0.3 is 0 Å². The molecule has 1 heterocycles. The van der Waals surface area contributed by atoms with Gasteiger partial charge in [0, 0.05) is 13.1 Å². The van der Waals surface area contributed by atoms with Gasteiger partial charge in [0.05, 0.1) is 5.69 Å². The fraction of sp³-hybridized carbons (Fsp3) is 0.250. The van der Waals surface area contributed by atoms with Gasteiger partial charge in [-0.05, 0) is 12.1 Å². The summed E-state index contributed by atoms with van der Waals surface area (Å²) in [6.45, 7) is 0.583. The van der Waals surface area contributed by atoms with Crippen molar-refractivity contribution in [1.29, 1.82) is 0 Å². The van der Waals surface area contributed by atoms with Gasteiger partial charge in [-0.3, -0.25) is 4.31 Å². The lowest BCUT2D eigenvalue weighted by atomic mass is 10.3. The average molecular weight is 216 g/mol. The van der Waals surface area contributed by atoms with Crippen LogP contribution in [0.2, 0.25) is 0 Å². The van der Waals surface area contributed by atoms with Crippen molar-refractivity contribution in [3.05, 3.63) is 30.1 Å². The summed E-state index contributed by atoms with van der Waals surface area (Å²) in [7, 11) is -3.52. The van der Waals surface area contributed by atoms with E-state index in [2.05, 4.69) is 4.72 Å². The van der Waals surface area contributed by atoms with Crippen molar-refractivity contribution < 1.29 is 12.8 Å². The Morgan fingerprint density at radius 3 is 2.64 bits per heavy atom. The Kier molecular flexibility index (Phi) is 2.16. The lowest BCUT2D eigenvalue weighted by molar-refractivity contribution is 0.588. The highest BCUT2D eigenvalue weighted by Crippen LogP contribution is 2.22. The topological polar surface area (TPSA) is 49.4 Å². The van der Waals surface area contributed by atoms with E-state index in [1.54, 1.807) is 6.07 Å². The molecule has 1 aliphatic heterocycles. The Bertz CT molecular complexity index is 446. The van der Waals surface area contributed by atoms with Crippen molar-refractivity contribution in [2.24, 2.45) is 0 Å². The van der Waals surface area contributed by atoms with Gasteiger partial charge in [0.2, 0.25) is 0 Å². The van der Waals surface area contributed by atoms with E-state index in [-0.39, 0.29) is 12.2 Å². The average Bonchev–Trinajstić information content (AvgIpc) is 2.46. The second-order valence-corrected chi connectivity index (χ2v) is 4.60. The van der Waals surface area contributed by atoms with Gasteiger partial charge in [0.25, 0.3) is 0 Å². The van der Waals surface area contributed by atoms with Crippen LogP contribution in [-0.2, 0) is 10.2 Å². The van der Waals surface area contributed by atoms with Crippen LogP contribution in [0.1, 0.15) is 0 Å². The van der Waals surface area contributed by atoms with Crippen LogP contribution in [0.5, 0.6) is 0 Å². The number of benzene rings is 1. The zero-order valence-corrected chi connectivity index (χ0v) is 8.09. The third-order valence-corrected chi connectivity index (χ3v) is 3.54. The molecule has 2 rings (SSSR count). The maximum atomic E-state index is 13.3. The summed E-state index contributed by atoms with van der Waals surface area (Å²) in [6.07, 6.45) is 0. The number of rotatable bonds is 1. The van der Waals surface area contributed by atoms with Gasteiger partial charge in [-0.25, -0.2) is 4.39 Å². The maximum Gasteiger partial charge on any atom is 0.301 e. The predicted octanol–water partition coefficient (Wildman–Crippen LogP) is 0.480. The zero-order chi connectivity index (χ0) is 10.2. The number of anilines is 1. The SMILES string of the molecule is O=S1(=O)NCCN1c1ccccc1F. The maximum absolute atomic E-state index is 13.3. The molecule has 0 aliphatic carbocycles. The summed E-state index contributed by atoms with van der Waals surface area (Å²) in [5.74, 6) is -0.528. The summed E-state index contributed by atoms with van der Waals surface area (Å²) < 4.78 is 39.3. The van der Waals surface area contributed by atoms with Crippen molar-refractivity contribution in [3.8, 4) is 0 Å². The molecule has 0 bridgehead atoms. The van der Waals surface area contributed by atoms with Crippen LogP contribution in [0.15, 0.2) is 24.3 Å². The molecule has 14 heavy (non-hydrogen) atoms. The molecule has 1 aromatic carbocycles. The Morgan fingerprint density at radius 1 is 1.36 bits per heavy atom. The smallest absolute Gasteiger partial charge is 0.254 e. The van der Waals surface area contributed by atoms with Gasteiger partial charge in [-0.2, -0.15) is 13.1 Å². The number of halogens is 1. The third kappa shape index (κ3) is 1.46. The molecule has 1 fully saturated rings. The van der Waals surface area contributed by atoms with Gasteiger partial charge in [-0.1, -0.05) is 12.1 Å². The van der Waals surface area contributed by atoms with Crippen molar-refractivity contribution >= 4 is 15.9 Å². The van der Waals surface area contributed by atoms with E-state index in [0.29, 0.717) is 6.54 Å². The minimum atomic E-state index is -3.52. The zero-order valence-electron chi connectivity index (χ0n) is 7.27. The molecule has 0 atom stereocenters. The number of hydrogen-bond acceptors (Lipinski definition) is 2. The first-order valence-corrected chi connectivity index (χ1v) is 5.57. The van der Waals surface area contributed by atoms with Gasteiger partial charge >= 0.3 is 10.2 Å². The van der Waals surface area contributed by atoms with E-state index in [9.17, 15) is 12.8 Å². The highest BCUT2D eigenvalue weighted by atomic mass is 32.2. The fourth-order valence-corrected chi connectivity index (χ4v) is 2.62. The number of nitrogens with zero attached hydrogens (tertiary/aromatic N) is 1. The molecule has 0 radical (unpaired) electrons. The van der Waals surface area contributed by atoms with Crippen LogP contribution in [-0.4, -0.2) is 21.5 Å². The molecule has 0 spiro atoms. The molecule has 1 saturated heterocycles. The van der Waals surface area contributed by atoms with Crippen LogP contribution >= 0.6 is 0 Å². The summed E-state index contributed by atoms with van der Waals surface area (Å²) in [5.41, 5.74) is 0.0949. The van der Waals surface area contributed by atoms with Crippen LogP contribution in [0.3, 0.4) is 0 Å². The van der Waals surface area contributed by atoms with E-state index in [0.717, 1.165) is 4.31 Å². The molecular formula is C8H9FN2O2S. The van der Waals surface area contributed by atoms with Crippen LogP contribution in [0.4, 0.5) is 10.1 Å². The van der Waals surface area contributed by atoms with Crippen LogP contribution < -0.4 is 9.03 Å². The highest BCUT2D eigenvalue weighted by molar-refractivity contribution is 7.91. The van der Waals surface area contributed by atoms with Crippen molar-refractivity contribution in [1.82, 2.24) is 4.72 Å².